The van der Waals surface area contributed by atoms with Gasteiger partial charge in [0.15, 0.2) is 0 Å². The Morgan fingerprint density at radius 2 is 2.00 bits per heavy atom. The van der Waals surface area contributed by atoms with Crippen LogP contribution < -0.4 is 5.32 Å². The third-order valence-electron chi connectivity index (χ3n) is 4.30. The minimum atomic E-state index is -0.489. The molecule has 144 valence electrons. The fourth-order valence-electron chi connectivity index (χ4n) is 2.88. The number of nitrogens with zero attached hydrogens (tertiary/aromatic N) is 1. The Balaban J connectivity index is 1.68. The molecule has 1 aromatic carbocycles. The molecule has 1 aromatic rings. The zero-order chi connectivity index (χ0) is 19.2. The van der Waals surface area contributed by atoms with Gasteiger partial charge in [-0.25, -0.2) is 9.59 Å². The normalized spacial score (nSPS) is 19.1. The van der Waals surface area contributed by atoms with E-state index in [0.29, 0.717) is 13.1 Å². The number of unbranched alkanes of at least 4 members (excludes halogenated alkanes) is 1. The smallest absolute Gasteiger partial charge is 0.407 e. The van der Waals surface area contributed by atoms with Gasteiger partial charge in [-0.15, -0.1) is 5.06 Å². The predicted molar refractivity (Wildman–Crippen MR) is 99.2 cm³/mol. The average molecular weight is 362 g/mol. The fourth-order valence-corrected chi connectivity index (χ4v) is 2.88. The topological polar surface area (TPSA) is 67.9 Å². The standard InChI is InChI=1S/C20H30N2O4/c1-15(16-10-6-5-7-11-16)22-14-17(18(23)26-22)12-8-9-13-21-19(24)25-20(2,3)4/h5-7,10-11,15,17H,8-9,12-14H2,1-4H3,(H,21,24). The first-order valence-electron chi connectivity index (χ1n) is 9.26. The Labute approximate surface area is 155 Å². The van der Waals surface area contributed by atoms with Gasteiger partial charge in [0.25, 0.3) is 0 Å². The number of carbonyl (C=O) groups is 2. The van der Waals surface area contributed by atoms with Crippen molar-refractivity contribution in [1.82, 2.24) is 10.4 Å². The third-order valence-corrected chi connectivity index (χ3v) is 4.30. The SMILES string of the molecule is CC(c1ccccc1)N1CC(CCCCNC(=O)OC(C)(C)C)C(=O)O1. The van der Waals surface area contributed by atoms with Gasteiger partial charge in [0, 0.05) is 13.1 Å². The summed E-state index contributed by atoms with van der Waals surface area (Å²) in [6, 6.07) is 10.1. The Morgan fingerprint density at radius 1 is 1.31 bits per heavy atom. The Hall–Kier alpha value is -2.08. The van der Waals surface area contributed by atoms with Crippen LogP contribution in [0.1, 0.15) is 58.6 Å². The number of alkyl carbamates (subject to hydrolysis) is 1. The zero-order valence-corrected chi connectivity index (χ0v) is 16.2. The van der Waals surface area contributed by atoms with Crippen LogP contribution in [0.25, 0.3) is 0 Å². The van der Waals surface area contributed by atoms with Crippen LogP contribution in [0.2, 0.25) is 0 Å². The molecule has 0 aromatic heterocycles. The monoisotopic (exact) mass is 362 g/mol. The molecule has 2 rings (SSSR count). The molecule has 6 heteroatoms. The van der Waals surface area contributed by atoms with Crippen LogP contribution in [0, 0.1) is 5.92 Å². The maximum atomic E-state index is 12.1. The number of nitrogens with one attached hydrogen (secondary N) is 1. The summed E-state index contributed by atoms with van der Waals surface area (Å²) >= 11 is 0. The van der Waals surface area contributed by atoms with Crippen LogP contribution in [0.5, 0.6) is 0 Å². The maximum Gasteiger partial charge on any atom is 0.407 e. The number of hydrogen-bond donors (Lipinski definition) is 1. The van der Waals surface area contributed by atoms with Gasteiger partial charge < -0.3 is 14.9 Å². The van der Waals surface area contributed by atoms with Crippen molar-refractivity contribution >= 4 is 12.1 Å². The number of benzene rings is 1. The van der Waals surface area contributed by atoms with Gasteiger partial charge >= 0.3 is 12.1 Å². The molecule has 1 aliphatic heterocycles. The molecule has 0 radical (unpaired) electrons. The van der Waals surface area contributed by atoms with Crippen molar-refractivity contribution in [3.8, 4) is 0 Å². The second-order valence-corrected chi connectivity index (χ2v) is 7.72. The molecular weight excluding hydrogens is 332 g/mol. The van der Waals surface area contributed by atoms with E-state index >= 15 is 0 Å². The highest BCUT2D eigenvalue weighted by molar-refractivity contribution is 5.74. The van der Waals surface area contributed by atoms with E-state index in [1.165, 1.54) is 0 Å². The number of hydroxylamine groups is 2. The molecular formula is C20H30N2O4. The molecule has 0 saturated carbocycles. The van der Waals surface area contributed by atoms with E-state index in [9.17, 15) is 9.59 Å². The highest BCUT2D eigenvalue weighted by Gasteiger charge is 2.35. The van der Waals surface area contributed by atoms with Crippen molar-refractivity contribution in [2.24, 2.45) is 5.92 Å². The Morgan fingerprint density at radius 3 is 2.65 bits per heavy atom. The highest BCUT2D eigenvalue weighted by atomic mass is 16.7. The molecule has 2 atom stereocenters. The molecule has 6 nitrogen and oxygen atoms in total. The summed E-state index contributed by atoms with van der Waals surface area (Å²) in [5.41, 5.74) is 0.638. The summed E-state index contributed by atoms with van der Waals surface area (Å²) in [5, 5.41) is 4.50. The fraction of sp³-hybridized carbons (Fsp3) is 0.600. The van der Waals surface area contributed by atoms with E-state index < -0.39 is 11.7 Å². The van der Waals surface area contributed by atoms with Crippen LogP contribution in [-0.4, -0.2) is 35.8 Å². The van der Waals surface area contributed by atoms with Crippen LogP contribution >= 0.6 is 0 Å². The minimum Gasteiger partial charge on any atom is -0.444 e. The summed E-state index contributed by atoms with van der Waals surface area (Å²) in [6.45, 7) is 8.69. The zero-order valence-electron chi connectivity index (χ0n) is 16.2. The summed E-state index contributed by atoms with van der Waals surface area (Å²) < 4.78 is 5.19. The average Bonchev–Trinajstić information content (AvgIpc) is 2.94. The molecule has 1 saturated heterocycles. The van der Waals surface area contributed by atoms with Gasteiger partial charge in [-0.05, 0) is 46.1 Å². The van der Waals surface area contributed by atoms with Crippen molar-refractivity contribution in [2.75, 3.05) is 13.1 Å². The molecule has 0 aliphatic carbocycles. The highest BCUT2D eigenvalue weighted by Crippen LogP contribution is 2.28. The first-order chi connectivity index (χ1) is 12.3. The molecule has 26 heavy (non-hydrogen) atoms. The maximum absolute atomic E-state index is 12.1. The lowest BCUT2D eigenvalue weighted by Gasteiger charge is -2.21. The molecule has 0 spiro atoms. The molecule has 1 aliphatic rings. The molecule has 1 N–H and O–H groups in total. The molecule has 2 unspecified atom stereocenters. The van der Waals surface area contributed by atoms with Gasteiger partial charge in [-0.3, -0.25) is 0 Å². The van der Waals surface area contributed by atoms with Gasteiger partial charge in [0.05, 0.1) is 12.0 Å². The summed E-state index contributed by atoms with van der Waals surface area (Å²) in [5.74, 6) is -0.268. The van der Waals surface area contributed by atoms with E-state index in [4.69, 9.17) is 9.57 Å². The minimum absolute atomic E-state index is 0.0407. The quantitative estimate of drug-likeness (QED) is 0.747. The van der Waals surface area contributed by atoms with Gasteiger partial charge in [0.1, 0.15) is 5.60 Å². The number of carbonyl (C=O) groups excluding carboxylic acids is 2. The van der Waals surface area contributed by atoms with Crippen LogP contribution in [0.3, 0.4) is 0 Å². The second-order valence-electron chi connectivity index (χ2n) is 7.72. The van der Waals surface area contributed by atoms with Crippen LogP contribution in [0.4, 0.5) is 4.79 Å². The number of hydrogen-bond acceptors (Lipinski definition) is 5. The predicted octanol–water partition coefficient (Wildman–Crippen LogP) is 3.83. The molecule has 1 heterocycles. The lowest BCUT2D eigenvalue weighted by molar-refractivity contribution is -0.179. The van der Waals surface area contributed by atoms with Crippen molar-refractivity contribution in [3.63, 3.8) is 0 Å². The van der Waals surface area contributed by atoms with E-state index in [0.717, 1.165) is 24.8 Å². The van der Waals surface area contributed by atoms with E-state index in [2.05, 4.69) is 5.32 Å². The lowest BCUT2D eigenvalue weighted by Crippen LogP contribution is -2.33. The van der Waals surface area contributed by atoms with Gasteiger partial charge in [-0.1, -0.05) is 36.8 Å². The van der Waals surface area contributed by atoms with Crippen molar-refractivity contribution in [3.05, 3.63) is 35.9 Å². The van der Waals surface area contributed by atoms with Crippen molar-refractivity contribution in [1.29, 1.82) is 0 Å². The van der Waals surface area contributed by atoms with Crippen molar-refractivity contribution < 1.29 is 19.2 Å². The van der Waals surface area contributed by atoms with E-state index in [1.54, 1.807) is 5.06 Å². The van der Waals surface area contributed by atoms with Crippen LogP contribution in [-0.2, 0) is 14.4 Å². The first-order valence-corrected chi connectivity index (χ1v) is 9.26. The van der Waals surface area contributed by atoms with Gasteiger partial charge in [-0.2, -0.15) is 0 Å². The Kier molecular flexibility index (Phi) is 7.03. The third kappa shape index (κ3) is 6.33. The lowest BCUT2D eigenvalue weighted by atomic mass is 10.0. The first kappa shape index (κ1) is 20.2. The number of ether oxygens (including phenoxy) is 1. The summed E-state index contributed by atoms with van der Waals surface area (Å²) in [7, 11) is 0. The Bertz CT molecular complexity index is 598. The van der Waals surface area contributed by atoms with Crippen molar-refractivity contribution in [2.45, 2.75) is 58.6 Å². The second kappa shape index (κ2) is 9.03. The van der Waals surface area contributed by atoms with Crippen LogP contribution in [0.15, 0.2) is 30.3 Å². The summed E-state index contributed by atoms with van der Waals surface area (Å²) in [4.78, 5) is 29.1. The van der Waals surface area contributed by atoms with E-state index in [1.807, 2.05) is 58.0 Å². The molecule has 1 amide bonds. The van der Waals surface area contributed by atoms with E-state index in [-0.39, 0.29) is 17.9 Å². The number of amides is 1. The number of rotatable bonds is 7. The molecule has 1 fully saturated rings. The summed E-state index contributed by atoms with van der Waals surface area (Å²) in [6.07, 6.45) is 2.01. The van der Waals surface area contributed by atoms with Gasteiger partial charge in [0.2, 0.25) is 0 Å². The largest absolute Gasteiger partial charge is 0.444 e. The molecule has 0 bridgehead atoms.